The molecule has 2 nitrogen and oxygen atoms in total. The summed E-state index contributed by atoms with van der Waals surface area (Å²) in [5, 5.41) is 9.95. The number of hydrogen-bond donors (Lipinski definition) is 1. The van der Waals surface area contributed by atoms with Crippen LogP contribution < -0.4 is 0 Å². The predicted molar refractivity (Wildman–Crippen MR) is 71.7 cm³/mol. The molecule has 0 aromatic heterocycles. The van der Waals surface area contributed by atoms with E-state index in [2.05, 4.69) is 32.6 Å². The van der Waals surface area contributed by atoms with Crippen LogP contribution in [0.15, 0.2) is 0 Å². The minimum atomic E-state index is -0.145. The maximum absolute atomic E-state index is 9.95. The Kier molecular flexibility index (Phi) is 10.0. The Morgan fingerprint density at radius 3 is 1.88 bits per heavy atom. The lowest BCUT2D eigenvalue weighted by molar-refractivity contribution is 0.0932. The zero-order chi connectivity index (χ0) is 12.4. The van der Waals surface area contributed by atoms with Gasteiger partial charge in [0.2, 0.25) is 0 Å². The summed E-state index contributed by atoms with van der Waals surface area (Å²) >= 11 is 0. The molecule has 98 valence electrons. The molecule has 0 heterocycles. The summed E-state index contributed by atoms with van der Waals surface area (Å²) in [6, 6.07) is 0. The van der Waals surface area contributed by atoms with Crippen molar-refractivity contribution in [3.63, 3.8) is 0 Å². The second kappa shape index (κ2) is 10.1. The zero-order valence-electron chi connectivity index (χ0n) is 11.7. The van der Waals surface area contributed by atoms with Gasteiger partial charge in [0.05, 0.1) is 6.10 Å². The van der Waals surface area contributed by atoms with Gasteiger partial charge in [-0.1, -0.05) is 40.5 Å². The standard InChI is InChI=1S/C14H31NO/c1-5-7-9-15(10-8-6-2)12-14(16)11-13(3)4/h13-14,16H,5-12H2,1-4H3. The molecule has 0 amide bonds. The molecule has 0 fully saturated rings. The van der Waals surface area contributed by atoms with Gasteiger partial charge in [-0.2, -0.15) is 0 Å². The van der Waals surface area contributed by atoms with Gasteiger partial charge in [-0.3, -0.25) is 0 Å². The maximum Gasteiger partial charge on any atom is 0.0669 e. The highest BCUT2D eigenvalue weighted by Crippen LogP contribution is 2.08. The molecule has 0 aliphatic heterocycles. The van der Waals surface area contributed by atoms with E-state index in [0.29, 0.717) is 5.92 Å². The molecule has 0 aliphatic rings. The molecular weight excluding hydrogens is 198 g/mol. The second-order valence-electron chi connectivity index (χ2n) is 5.29. The summed E-state index contributed by atoms with van der Waals surface area (Å²) in [5.41, 5.74) is 0. The Balaban J connectivity index is 3.87. The van der Waals surface area contributed by atoms with E-state index < -0.39 is 0 Å². The van der Waals surface area contributed by atoms with Crippen LogP contribution in [0.2, 0.25) is 0 Å². The molecule has 0 saturated carbocycles. The smallest absolute Gasteiger partial charge is 0.0669 e. The first-order valence-corrected chi connectivity index (χ1v) is 7.00. The molecule has 1 atom stereocenters. The van der Waals surface area contributed by atoms with Gasteiger partial charge < -0.3 is 10.0 Å². The Hall–Kier alpha value is -0.0800. The van der Waals surface area contributed by atoms with Crippen LogP contribution in [0, 0.1) is 5.92 Å². The summed E-state index contributed by atoms with van der Waals surface area (Å²) in [6.07, 6.45) is 5.75. The van der Waals surface area contributed by atoms with Gasteiger partial charge in [-0.05, 0) is 38.3 Å². The van der Waals surface area contributed by atoms with Gasteiger partial charge in [-0.25, -0.2) is 0 Å². The van der Waals surface area contributed by atoms with Crippen molar-refractivity contribution in [2.24, 2.45) is 5.92 Å². The van der Waals surface area contributed by atoms with E-state index in [4.69, 9.17) is 0 Å². The lowest BCUT2D eigenvalue weighted by Gasteiger charge is -2.25. The van der Waals surface area contributed by atoms with E-state index in [9.17, 15) is 5.11 Å². The fraction of sp³-hybridized carbons (Fsp3) is 1.00. The highest BCUT2D eigenvalue weighted by atomic mass is 16.3. The van der Waals surface area contributed by atoms with Crippen molar-refractivity contribution in [2.45, 2.75) is 65.9 Å². The van der Waals surface area contributed by atoms with E-state index >= 15 is 0 Å². The molecule has 0 spiro atoms. The molecule has 16 heavy (non-hydrogen) atoms. The lowest BCUT2D eigenvalue weighted by atomic mass is 10.1. The fourth-order valence-electron chi connectivity index (χ4n) is 1.97. The number of aliphatic hydroxyl groups is 1. The number of hydrogen-bond acceptors (Lipinski definition) is 2. The molecule has 0 saturated heterocycles. The third-order valence-corrected chi connectivity index (χ3v) is 2.87. The molecule has 0 aromatic carbocycles. The lowest BCUT2D eigenvalue weighted by Crippen LogP contribution is -2.34. The van der Waals surface area contributed by atoms with Gasteiger partial charge in [0.15, 0.2) is 0 Å². The zero-order valence-corrected chi connectivity index (χ0v) is 11.7. The average Bonchev–Trinajstić information content (AvgIpc) is 2.20. The number of unbranched alkanes of at least 4 members (excludes halogenated alkanes) is 2. The molecule has 0 aromatic rings. The summed E-state index contributed by atoms with van der Waals surface area (Å²) < 4.78 is 0. The molecule has 1 unspecified atom stereocenters. The number of rotatable bonds is 10. The van der Waals surface area contributed by atoms with Crippen molar-refractivity contribution in [1.29, 1.82) is 0 Å². The normalized spacial score (nSPS) is 13.7. The first-order chi connectivity index (χ1) is 7.60. The van der Waals surface area contributed by atoms with Crippen LogP contribution in [0.1, 0.15) is 59.8 Å². The Labute approximate surface area is 102 Å². The van der Waals surface area contributed by atoms with Crippen LogP contribution >= 0.6 is 0 Å². The van der Waals surface area contributed by atoms with Crippen LogP contribution in [0.25, 0.3) is 0 Å². The van der Waals surface area contributed by atoms with Crippen LogP contribution in [0.3, 0.4) is 0 Å². The average molecular weight is 229 g/mol. The van der Waals surface area contributed by atoms with Crippen molar-refractivity contribution >= 4 is 0 Å². The van der Waals surface area contributed by atoms with Crippen LogP contribution in [0.5, 0.6) is 0 Å². The fourth-order valence-corrected chi connectivity index (χ4v) is 1.97. The third-order valence-electron chi connectivity index (χ3n) is 2.87. The second-order valence-corrected chi connectivity index (χ2v) is 5.29. The highest BCUT2D eigenvalue weighted by Gasteiger charge is 2.12. The van der Waals surface area contributed by atoms with Gasteiger partial charge in [0.1, 0.15) is 0 Å². The highest BCUT2D eigenvalue weighted by molar-refractivity contribution is 4.66. The molecule has 0 aliphatic carbocycles. The van der Waals surface area contributed by atoms with E-state index in [-0.39, 0.29) is 6.10 Å². The summed E-state index contributed by atoms with van der Waals surface area (Å²) in [4.78, 5) is 2.43. The topological polar surface area (TPSA) is 23.5 Å². The van der Waals surface area contributed by atoms with E-state index in [1.807, 2.05) is 0 Å². The molecule has 0 bridgehead atoms. The van der Waals surface area contributed by atoms with E-state index in [0.717, 1.165) is 26.1 Å². The summed E-state index contributed by atoms with van der Waals surface area (Å²) in [5.74, 6) is 0.592. The monoisotopic (exact) mass is 229 g/mol. The maximum atomic E-state index is 9.95. The van der Waals surface area contributed by atoms with Gasteiger partial charge in [-0.15, -0.1) is 0 Å². The quantitative estimate of drug-likeness (QED) is 0.621. The molecular formula is C14H31NO. The summed E-state index contributed by atoms with van der Waals surface area (Å²) in [6.45, 7) is 11.9. The molecule has 0 radical (unpaired) electrons. The SMILES string of the molecule is CCCCN(CCCC)CC(O)CC(C)C. The Morgan fingerprint density at radius 2 is 1.50 bits per heavy atom. The largest absolute Gasteiger partial charge is 0.392 e. The number of aliphatic hydroxyl groups excluding tert-OH is 1. The van der Waals surface area contributed by atoms with Crippen molar-refractivity contribution in [3.05, 3.63) is 0 Å². The van der Waals surface area contributed by atoms with Gasteiger partial charge in [0, 0.05) is 6.54 Å². The molecule has 0 rings (SSSR count). The Morgan fingerprint density at radius 1 is 1.00 bits per heavy atom. The minimum absolute atomic E-state index is 0.145. The molecule has 2 heteroatoms. The third kappa shape index (κ3) is 9.17. The van der Waals surface area contributed by atoms with Crippen molar-refractivity contribution < 1.29 is 5.11 Å². The summed E-state index contributed by atoms with van der Waals surface area (Å²) in [7, 11) is 0. The predicted octanol–water partition coefficient (Wildman–Crippen LogP) is 3.30. The first-order valence-electron chi connectivity index (χ1n) is 7.00. The first kappa shape index (κ1) is 15.9. The Bertz CT molecular complexity index is 140. The minimum Gasteiger partial charge on any atom is -0.392 e. The molecule has 1 N–H and O–H groups in total. The van der Waals surface area contributed by atoms with Crippen LogP contribution in [0.4, 0.5) is 0 Å². The van der Waals surface area contributed by atoms with E-state index in [1.54, 1.807) is 0 Å². The van der Waals surface area contributed by atoms with Crippen LogP contribution in [-0.2, 0) is 0 Å². The van der Waals surface area contributed by atoms with Gasteiger partial charge in [0.25, 0.3) is 0 Å². The van der Waals surface area contributed by atoms with Crippen molar-refractivity contribution in [3.8, 4) is 0 Å². The van der Waals surface area contributed by atoms with Crippen LogP contribution in [-0.4, -0.2) is 35.7 Å². The van der Waals surface area contributed by atoms with Crippen molar-refractivity contribution in [1.82, 2.24) is 4.90 Å². The number of nitrogens with zero attached hydrogens (tertiary/aromatic N) is 1. The van der Waals surface area contributed by atoms with Gasteiger partial charge >= 0.3 is 0 Å². The van der Waals surface area contributed by atoms with E-state index in [1.165, 1.54) is 25.7 Å². The van der Waals surface area contributed by atoms with Crippen molar-refractivity contribution in [2.75, 3.05) is 19.6 Å².